The molecule has 2 aromatic rings. The molecule has 4 heteroatoms. The Hall–Kier alpha value is -1.81. The zero-order valence-electron chi connectivity index (χ0n) is 12.0. The molecule has 2 N–H and O–H groups in total. The van der Waals surface area contributed by atoms with Gasteiger partial charge in [0.2, 0.25) is 0 Å². The predicted molar refractivity (Wildman–Crippen MR) is 82.3 cm³/mol. The second-order valence-electron chi connectivity index (χ2n) is 4.91. The van der Waals surface area contributed by atoms with E-state index in [0.29, 0.717) is 13.2 Å². The van der Waals surface area contributed by atoms with E-state index < -0.39 is 0 Å². The van der Waals surface area contributed by atoms with Crippen molar-refractivity contribution in [3.63, 3.8) is 0 Å². The standard InChI is InChI=1S/C16H22N2O2/c1-2-11-20-14-5-6-15-13(12-14)7-10-18(16(15)19)9-4-3-8-17/h5-7,10,12H,2-4,8-9,11,17H2,1H3. The molecule has 2 rings (SSSR count). The average molecular weight is 274 g/mol. The summed E-state index contributed by atoms with van der Waals surface area (Å²) in [4.78, 5) is 12.3. The van der Waals surface area contributed by atoms with Gasteiger partial charge < -0.3 is 15.0 Å². The molecule has 108 valence electrons. The number of hydrogen-bond donors (Lipinski definition) is 1. The highest BCUT2D eigenvalue weighted by Crippen LogP contribution is 2.18. The maximum Gasteiger partial charge on any atom is 0.258 e. The molecule has 4 nitrogen and oxygen atoms in total. The Balaban J connectivity index is 2.25. The van der Waals surface area contributed by atoms with E-state index in [0.717, 1.165) is 42.3 Å². The molecule has 0 bridgehead atoms. The number of aromatic nitrogens is 1. The van der Waals surface area contributed by atoms with Crippen LogP contribution in [0, 0.1) is 0 Å². The molecule has 0 radical (unpaired) electrons. The summed E-state index contributed by atoms with van der Waals surface area (Å²) in [7, 11) is 0. The molecule has 20 heavy (non-hydrogen) atoms. The van der Waals surface area contributed by atoms with Crippen LogP contribution in [0.25, 0.3) is 10.8 Å². The summed E-state index contributed by atoms with van der Waals surface area (Å²) in [6, 6.07) is 7.61. The molecule has 1 heterocycles. The van der Waals surface area contributed by atoms with E-state index in [-0.39, 0.29) is 5.56 Å². The molecule has 0 atom stereocenters. The molecular formula is C16H22N2O2. The molecule has 1 aromatic carbocycles. The van der Waals surface area contributed by atoms with Gasteiger partial charge in [0.25, 0.3) is 5.56 Å². The summed E-state index contributed by atoms with van der Waals surface area (Å²) in [5, 5.41) is 1.67. The topological polar surface area (TPSA) is 57.2 Å². The number of pyridine rings is 1. The van der Waals surface area contributed by atoms with Gasteiger partial charge in [0.1, 0.15) is 5.75 Å². The number of fused-ring (bicyclic) bond motifs is 1. The second kappa shape index (κ2) is 7.10. The van der Waals surface area contributed by atoms with Crippen LogP contribution in [0.15, 0.2) is 35.3 Å². The zero-order chi connectivity index (χ0) is 14.4. The highest BCUT2D eigenvalue weighted by Gasteiger charge is 2.04. The van der Waals surface area contributed by atoms with Gasteiger partial charge in [0.15, 0.2) is 0 Å². The number of aryl methyl sites for hydroxylation is 1. The smallest absolute Gasteiger partial charge is 0.258 e. The summed E-state index contributed by atoms with van der Waals surface area (Å²) < 4.78 is 7.34. The van der Waals surface area contributed by atoms with E-state index in [9.17, 15) is 4.79 Å². The first-order valence-corrected chi connectivity index (χ1v) is 7.22. The minimum Gasteiger partial charge on any atom is -0.494 e. The minimum atomic E-state index is 0.0570. The van der Waals surface area contributed by atoms with Crippen LogP contribution in [0.2, 0.25) is 0 Å². The van der Waals surface area contributed by atoms with Crippen LogP contribution in [0.3, 0.4) is 0 Å². The first-order valence-electron chi connectivity index (χ1n) is 7.22. The van der Waals surface area contributed by atoms with Crippen molar-refractivity contribution in [1.82, 2.24) is 4.57 Å². The minimum absolute atomic E-state index is 0.0570. The van der Waals surface area contributed by atoms with Crippen molar-refractivity contribution in [3.8, 4) is 5.75 Å². The van der Waals surface area contributed by atoms with Gasteiger partial charge in [-0.05, 0) is 55.5 Å². The second-order valence-corrected chi connectivity index (χ2v) is 4.91. The van der Waals surface area contributed by atoms with Crippen LogP contribution in [0.1, 0.15) is 26.2 Å². The average Bonchev–Trinajstić information content (AvgIpc) is 2.47. The number of hydrogen-bond acceptors (Lipinski definition) is 3. The Bertz CT molecular complexity index is 619. The molecule has 0 amide bonds. The lowest BCUT2D eigenvalue weighted by molar-refractivity contribution is 0.318. The molecule has 0 saturated heterocycles. The fourth-order valence-corrected chi connectivity index (χ4v) is 2.18. The van der Waals surface area contributed by atoms with E-state index in [2.05, 4.69) is 6.92 Å². The third-order valence-electron chi connectivity index (χ3n) is 3.27. The van der Waals surface area contributed by atoms with E-state index in [1.807, 2.05) is 30.5 Å². The summed E-state index contributed by atoms with van der Waals surface area (Å²) in [6.07, 6.45) is 4.69. The quantitative estimate of drug-likeness (QED) is 0.789. The van der Waals surface area contributed by atoms with Gasteiger partial charge in [-0.3, -0.25) is 4.79 Å². The van der Waals surface area contributed by atoms with Crippen LogP contribution in [0.5, 0.6) is 5.75 Å². The molecular weight excluding hydrogens is 252 g/mol. The first kappa shape index (κ1) is 14.6. The molecule has 0 saturated carbocycles. The molecule has 0 aliphatic carbocycles. The maximum absolute atomic E-state index is 12.3. The third-order valence-corrected chi connectivity index (χ3v) is 3.27. The Labute approximate surface area is 119 Å². The molecule has 0 fully saturated rings. The van der Waals surface area contributed by atoms with Gasteiger partial charge in [-0.25, -0.2) is 0 Å². The number of nitrogens with zero attached hydrogens (tertiary/aromatic N) is 1. The number of rotatable bonds is 7. The maximum atomic E-state index is 12.3. The van der Waals surface area contributed by atoms with E-state index in [4.69, 9.17) is 10.5 Å². The van der Waals surface area contributed by atoms with Gasteiger partial charge in [-0.2, -0.15) is 0 Å². The summed E-state index contributed by atoms with van der Waals surface area (Å²) in [5.41, 5.74) is 5.53. The number of ether oxygens (including phenoxy) is 1. The lowest BCUT2D eigenvalue weighted by atomic mass is 10.1. The Morgan fingerprint density at radius 3 is 2.85 bits per heavy atom. The molecule has 0 aliphatic rings. The molecule has 0 unspecified atom stereocenters. The van der Waals surface area contributed by atoms with Gasteiger partial charge in [0.05, 0.1) is 6.61 Å². The summed E-state index contributed by atoms with van der Waals surface area (Å²) >= 11 is 0. The molecule has 1 aromatic heterocycles. The fourth-order valence-electron chi connectivity index (χ4n) is 2.18. The van der Waals surface area contributed by atoms with Crippen LogP contribution in [-0.2, 0) is 6.54 Å². The van der Waals surface area contributed by atoms with Gasteiger partial charge >= 0.3 is 0 Å². The lowest BCUT2D eigenvalue weighted by Crippen LogP contribution is -2.19. The monoisotopic (exact) mass is 274 g/mol. The highest BCUT2D eigenvalue weighted by atomic mass is 16.5. The van der Waals surface area contributed by atoms with Gasteiger partial charge in [-0.15, -0.1) is 0 Å². The van der Waals surface area contributed by atoms with Crippen LogP contribution >= 0.6 is 0 Å². The van der Waals surface area contributed by atoms with Crippen molar-refractivity contribution in [1.29, 1.82) is 0 Å². The first-order chi connectivity index (χ1) is 9.76. The van der Waals surface area contributed by atoms with E-state index >= 15 is 0 Å². The number of nitrogens with two attached hydrogens (primary N) is 1. The van der Waals surface area contributed by atoms with Crippen LogP contribution in [-0.4, -0.2) is 17.7 Å². The fraction of sp³-hybridized carbons (Fsp3) is 0.438. The third kappa shape index (κ3) is 3.39. The van der Waals surface area contributed by atoms with Crippen molar-refractivity contribution in [2.45, 2.75) is 32.7 Å². The van der Waals surface area contributed by atoms with Crippen molar-refractivity contribution >= 4 is 10.8 Å². The van der Waals surface area contributed by atoms with Gasteiger partial charge in [-0.1, -0.05) is 6.92 Å². The molecule has 0 spiro atoms. The van der Waals surface area contributed by atoms with Crippen molar-refractivity contribution in [3.05, 3.63) is 40.8 Å². The van der Waals surface area contributed by atoms with Gasteiger partial charge in [0, 0.05) is 18.1 Å². The Morgan fingerprint density at radius 1 is 1.25 bits per heavy atom. The highest BCUT2D eigenvalue weighted by molar-refractivity contribution is 5.82. The summed E-state index contributed by atoms with van der Waals surface area (Å²) in [5.74, 6) is 0.819. The van der Waals surface area contributed by atoms with Crippen LogP contribution < -0.4 is 16.0 Å². The van der Waals surface area contributed by atoms with Crippen molar-refractivity contribution in [2.75, 3.05) is 13.2 Å². The number of benzene rings is 1. The van der Waals surface area contributed by atoms with Crippen LogP contribution in [0.4, 0.5) is 0 Å². The predicted octanol–water partition coefficient (Wildman–Crippen LogP) is 2.53. The lowest BCUT2D eigenvalue weighted by Gasteiger charge is -2.09. The molecule has 0 aliphatic heterocycles. The Morgan fingerprint density at radius 2 is 2.10 bits per heavy atom. The number of unbranched alkanes of at least 4 members (excludes halogenated alkanes) is 1. The summed E-state index contributed by atoms with van der Waals surface area (Å²) in [6.45, 7) is 4.16. The SMILES string of the molecule is CCCOc1ccc2c(=O)n(CCCCN)ccc2c1. The largest absolute Gasteiger partial charge is 0.494 e. The van der Waals surface area contributed by atoms with Crippen molar-refractivity contribution in [2.24, 2.45) is 5.73 Å². The van der Waals surface area contributed by atoms with Crippen molar-refractivity contribution < 1.29 is 4.74 Å². The normalized spacial score (nSPS) is 10.9. The van der Waals surface area contributed by atoms with E-state index in [1.54, 1.807) is 4.57 Å². The zero-order valence-corrected chi connectivity index (χ0v) is 12.0. The Kier molecular flexibility index (Phi) is 5.18. The van der Waals surface area contributed by atoms with E-state index in [1.165, 1.54) is 0 Å².